The fraction of sp³-hybridized carbons (Fsp3) is 1.00. The lowest BCUT2D eigenvalue weighted by Gasteiger charge is -2.15. The summed E-state index contributed by atoms with van der Waals surface area (Å²) in [7, 11) is 2.14. The van der Waals surface area contributed by atoms with Crippen molar-refractivity contribution < 1.29 is 4.74 Å². The number of unbranched alkanes of at least 4 members (excludes halogenated alkanes) is 17. The highest BCUT2D eigenvalue weighted by Crippen LogP contribution is 2.14. The standard InChI is InChI=1S/C25H53NO/c1-4-6-7-8-9-10-11-12-13-14-15-16-17-18-19-20-21-22-24-27-25-26(3)23-5-2/h4-25H2,1-3H3. The molecular weight excluding hydrogens is 330 g/mol. The van der Waals surface area contributed by atoms with Crippen molar-refractivity contribution in [2.45, 2.75) is 136 Å². The van der Waals surface area contributed by atoms with Crippen LogP contribution >= 0.6 is 0 Å². The van der Waals surface area contributed by atoms with E-state index < -0.39 is 0 Å². The van der Waals surface area contributed by atoms with E-state index in [0.29, 0.717) is 0 Å². The highest BCUT2D eigenvalue weighted by Gasteiger charge is 1.97. The molecule has 0 aromatic carbocycles. The van der Waals surface area contributed by atoms with Crippen LogP contribution in [0.15, 0.2) is 0 Å². The Kier molecular flexibility index (Phi) is 23.9. The number of rotatable bonds is 23. The van der Waals surface area contributed by atoms with Crippen molar-refractivity contribution in [1.82, 2.24) is 4.90 Å². The van der Waals surface area contributed by atoms with Crippen LogP contribution in [0, 0.1) is 0 Å². The summed E-state index contributed by atoms with van der Waals surface area (Å²) in [5.41, 5.74) is 0. The molecule has 0 fully saturated rings. The normalized spacial score (nSPS) is 11.6. The second-order valence-electron chi connectivity index (χ2n) is 8.63. The van der Waals surface area contributed by atoms with Crippen LogP contribution in [0.3, 0.4) is 0 Å². The van der Waals surface area contributed by atoms with Gasteiger partial charge in [0.2, 0.25) is 0 Å². The molecule has 0 aromatic rings. The molecule has 0 bridgehead atoms. The van der Waals surface area contributed by atoms with Crippen molar-refractivity contribution >= 4 is 0 Å². The highest BCUT2D eigenvalue weighted by molar-refractivity contribution is 4.50. The summed E-state index contributed by atoms with van der Waals surface area (Å²) >= 11 is 0. The van der Waals surface area contributed by atoms with Crippen molar-refractivity contribution in [3.8, 4) is 0 Å². The smallest absolute Gasteiger partial charge is 0.0987 e. The lowest BCUT2D eigenvalue weighted by molar-refractivity contribution is 0.0409. The van der Waals surface area contributed by atoms with Gasteiger partial charge >= 0.3 is 0 Å². The maximum Gasteiger partial charge on any atom is 0.0987 e. The molecule has 27 heavy (non-hydrogen) atoms. The Labute approximate surface area is 172 Å². The van der Waals surface area contributed by atoms with E-state index >= 15 is 0 Å². The monoisotopic (exact) mass is 383 g/mol. The Morgan fingerprint density at radius 1 is 0.481 bits per heavy atom. The summed E-state index contributed by atoms with van der Waals surface area (Å²) in [6.07, 6.45) is 27.0. The molecule has 0 spiro atoms. The molecule has 0 heterocycles. The molecule has 0 N–H and O–H groups in total. The zero-order valence-electron chi connectivity index (χ0n) is 19.4. The summed E-state index contributed by atoms with van der Waals surface area (Å²) in [6, 6.07) is 0. The third-order valence-corrected chi connectivity index (χ3v) is 5.56. The van der Waals surface area contributed by atoms with Crippen molar-refractivity contribution in [3.05, 3.63) is 0 Å². The minimum atomic E-state index is 0.798. The molecule has 0 radical (unpaired) electrons. The topological polar surface area (TPSA) is 12.5 Å². The Bertz CT molecular complexity index is 257. The van der Waals surface area contributed by atoms with E-state index in [1.807, 2.05) is 0 Å². The Morgan fingerprint density at radius 3 is 1.22 bits per heavy atom. The molecule has 0 unspecified atom stereocenters. The summed E-state index contributed by atoms with van der Waals surface area (Å²) in [5, 5.41) is 0. The maximum absolute atomic E-state index is 5.70. The molecule has 0 aliphatic heterocycles. The van der Waals surface area contributed by atoms with E-state index in [4.69, 9.17) is 4.74 Å². The van der Waals surface area contributed by atoms with Crippen molar-refractivity contribution in [1.29, 1.82) is 0 Å². The van der Waals surface area contributed by atoms with Crippen LogP contribution in [0.2, 0.25) is 0 Å². The zero-order chi connectivity index (χ0) is 19.8. The van der Waals surface area contributed by atoms with Gasteiger partial charge in [-0.05, 0) is 26.4 Å². The van der Waals surface area contributed by atoms with Gasteiger partial charge in [0.25, 0.3) is 0 Å². The van der Waals surface area contributed by atoms with E-state index in [0.717, 1.165) is 19.9 Å². The van der Waals surface area contributed by atoms with Crippen molar-refractivity contribution in [2.75, 3.05) is 26.9 Å². The molecule has 0 rings (SSSR count). The van der Waals surface area contributed by atoms with Gasteiger partial charge in [0.15, 0.2) is 0 Å². The summed E-state index contributed by atoms with van der Waals surface area (Å²) < 4.78 is 5.70. The average Bonchev–Trinajstić information content (AvgIpc) is 2.66. The van der Waals surface area contributed by atoms with Gasteiger partial charge in [-0.3, -0.25) is 4.90 Å². The second-order valence-corrected chi connectivity index (χ2v) is 8.63. The van der Waals surface area contributed by atoms with E-state index in [1.165, 1.54) is 122 Å². The van der Waals surface area contributed by atoms with Crippen molar-refractivity contribution in [3.63, 3.8) is 0 Å². The molecule has 0 aliphatic rings. The molecule has 0 atom stereocenters. The number of ether oxygens (including phenoxy) is 1. The van der Waals surface area contributed by atoms with Crippen molar-refractivity contribution in [2.24, 2.45) is 0 Å². The molecule has 0 saturated carbocycles. The first-order valence-electron chi connectivity index (χ1n) is 12.6. The lowest BCUT2D eigenvalue weighted by atomic mass is 10.0. The maximum atomic E-state index is 5.70. The fourth-order valence-corrected chi connectivity index (χ4v) is 3.77. The van der Waals surface area contributed by atoms with Crippen LogP contribution in [0.25, 0.3) is 0 Å². The van der Waals surface area contributed by atoms with Crippen LogP contribution < -0.4 is 0 Å². The predicted octanol–water partition coefficient (Wildman–Crippen LogP) is 8.34. The molecule has 2 heteroatoms. The first-order chi connectivity index (χ1) is 13.3. The van der Waals surface area contributed by atoms with Gasteiger partial charge in [-0.25, -0.2) is 0 Å². The quantitative estimate of drug-likeness (QED) is 0.130. The number of hydrogen-bond acceptors (Lipinski definition) is 2. The van der Waals surface area contributed by atoms with Gasteiger partial charge in [-0.2, -0.15) is 0 Å². The molecule has 0 saturated heterocycles. The molecule has 0 aromatic heterocycles. The van der Waals surface area contributed by atoms with Crippen LogP contribution in [-0.4, -0.2) is 31.8 Å². The van der Waals surface area contributed by atoms with Crippen LogP contribution in [0.5, 0.6) is 0 Å². The largest absolute Gasteiger partial charge is 0.366 e. The van der Waals surface area contributed by atoms with E-state index in [-0.39, 0.29) is 0 Å². The third-order valence-electron chi connectivity index (χ3n) is 5.56. The fourth-order valence-electron chi connectivity index (χ4n) is 3.77. The summed E-state index contributed by atoms with van der Waals surface area (Å²) in [5.74, 6) is 0. The van der Waals surface area contributed by atoms with Crippen LogP contribution in [-0.2, 0) is 4.74 Å². The molecule has 0 aliphatic carbocycles. The van der Waals surface area contributed by atoms with Crippen LogP contribution in [0.4, 0.5) is 0 Å². The summed E-state index contributed by atoms with van der Waals surface area (Å²) in [6.45, 7) is 7.39. The minimum absolute atomic E-state index is 0.798. The van der Waals surface area contributed by atoms with Gasteiger partial charge in [0.1, 0.15) is 0 Å². The SMILES string of the molecule is CCCCCCCCCCCCCCCCCCCCOCN(C)CCC. The Balaban J connectivity index is 3.01. The first kappa shape index (κ1) is 26.9. The second kappa shape index (κ2) is 24.0. The lowest BCUT2D eigenvalue weighted by Crippen LogP contribution is -2.22. The molecule has 2 nitrogen and oxygen atoms in total. The molecular formula is C25H53NO. The zero-order valence-corrected chi connectivity index (χ0v) is 19.4. The number of nitrogens with zero attached hydrogens (tertiary/aromatic N) is 1. The first-order valence-corrected chi connectivity index (χ1v) is 12.6. The van der Waals surface area contributed by atoms with E-state index in [1.54, 1.807) is 0 Å². The minimum Gasteiger partial charge on any atom is -0.366 e. The van der Waals surface area contributed by atoms with Crippen LogP contribution in [0.1, 0.15) is 136 Å². The van der Waals surface area contributed by atoms with Gasteiger partial charge < -0.3 is 4.74 Å². The van der Waals surface area contributed by atoms with E-state index in [2.05, 4.69) is 25.8 Å². The Hall–Kier alpha value is -0.0800. The van der Waals surface area contributed by atoms with Gasteiger partial charge in [0.05, 0.1) is 6.73 Å². The van der Waals surface area contributed by atoms with E-state index in [9.17, 15) is 0 Å². The average molecular weight is 384 g/mol. The highest BCUT2D eigenvalue weighted by atomic mass is 16.5. The third kappa shape index (κ3) is 23.9. The van der Waals surface area contributed by atoms with Gasteiger partial charge in [-0.1, -0.05) is 123 Å². The van der Waals surface area contributed by atoms with Gasteiger partial charge in [-0.15, -0.1) is 0 Å². The predicted molar refractivity (Wildman–Crippen MR) is 123 cm³/mol. The number of hydrogen-bond donors (Lipinski definition) is 0. The molecule has 164 valence electrons. The summed E-state index contributed by atoms with van der Waals surface area (Å²) in [4.78, 5) is 2.26. The van der Waals surface area contributed by atoms with Gasteiger partial charge in [0, 0.05) is 6.61 Å². The molecule has 0 amide bonds. The Morgan fingerprint density at radius 2 is 0.852 bits per heavy atom.